The zero-order valence-electron chi connectivity index (χ0n) is 14.9. The van der Waals surface area contributed by atoms with E-state index in [0.717, 1.165) is 5.56 Å². The van der Waals surface area contributed by atoms with Gasteiger partial charge in [0.1, 0.15) is 18.9 Å². The van der Waals surface area contributed by atoms with Crippen molar-refractivity contribution in [3.8, 4) is 0 Å². The fourth-order valence-electron chi connectivity index (χ4n) is 2.20. The molecule has 8 heteroatoms. The van der Waals surface area contributed by atoms with Crippen molar-refractivity contribution in [2.24, 2.45) is 0 Å². The Balaban J connectivity index is 1.83. The van der Waals surface area contributed by atoms with Crippen LogP contribution in [0.1, 0.15) is 11.3 Å². The third-order valence-corrected chi connectivity index (χ3v) is 3.49. The van der Waals surface area contributed by atoms with Gasteiger partial charge in [-0.1, -0.05) is 35.5 Å². The second-order valence-electron chi connectivity index (χ2n) is 5.66. The summed E-state index contributed by atoms with van der Waals surface area (Å²) in [5.41, 5.74) is 0.975. The minimum absolute atomic E-state index is 0.116. The van der Waals surface area contributed by atoms with Gasteiger partial charge in [-0.25, -0.2) is 0 Å². The molecule has 0 atom stereocenters. The van der Waals surface area contributed by atoms with Crippen LogP contribution in [0, 0.1) is 6.92 Å². The van der Waals surface area contributed by atoms with Crippen molar-refractivity contribution in [1.29, 1.82) is 0 Å². The Kier molecular flexibility index (Phi) is 7.78. The van der Waals surface area contributed by atoms with Crippen molar-refractivity contribution in [2.75, 3.05) is 38.7 Å². The van der Waals surface area contributed by atoms with Crippen molar-refractivity contribution >= 4 is 17.6 Å². The molecule has 0 bridgehead atoms. The molecule has 2 aromatic rings. The number of hydrogen-bond acceptors (Lipinski definition) is 6. The predicted molar refractivity (Wildman–Crippen MR) is 94.4 cm³/mol. The number of carbonyl (C=O) groups is 2. The van der Waals surface area contributed by atoms with Crippen LogP contribution in [0.2, 0.25) is 0 Å². The number of anilines is 1. The smallest absolute Gasteiger partial charge is 0.249 e. The average Bonchev–Trinajstić information content (AvgIpc) is 3.04. The number of carbonyl (C=O) groups excluding carboxylic acids is 2. The first-order valence-corrected chi connectivity index (χ1v) is 8.20. The first kappa shape index (κ1) is 19.6. The molecule has 8 nitrogen and oxygen atoms in total. The number of amides is 2. The molecule has 0 saturated heterocycles. The molecule has 1 aromatic carbocycles. The summed E-state index contributed by atoms with van der Waals surface area (Å²) in [7, 11) is 1.53. The molecule has 2 amide bonds. The van der Waals surface area contributed by atoms with Gasteiger partial charge in [0.15, 0.2) is 5.82 Å². The largest absolute Gasteiger partial charge is 0.383 e. The Morgan fingerprint density at radius 2 is 2.04 bits per heavy atom. The zero-order chi connectivity index (χ0) is 18.8. The number of aromatic nitrogens is 1. The predicted octanol–water partition coefficient (Wildman–Crippen LogP) is 1.61. The van der Waals surface area contributed by atoms with Gasteiger partial charge in [0.2, 0.25) is 11.8 Å². The van der Waals surface area contributed by atoms with Crippen LogP contribution < -0.4 is 5.32 Å². The lowest BCUT2D eigenvalue weighted by Crippen LogP contribution is -2.41. The third kappa shape index (κ3) is 6.66. The molecule has 2 rings (SSSR count). The number of methoxy groups -OCH3 is 1. The lowest BCUT2D eigenvalue weighted by molar-refractivity contribution is -0.139. The highest BCUT2D eigenvalue weighted by molar-refractivity contribution is 5.93. The lowest BCUT2D eigenvalue weighted by Gasteiger charge is -2.21. The minimum atomic E-state index is -0.370. The van der Waals surface area contributed by atoms with E-state index in [-0.39, 0.29) is 31.5 Å². The first-order chi connectivity index (χ1) is 12.6. The third-order valence-electron chi connectivity index (χ3n) is 3.49. The quantitative estimate of drug-likeness (QED) is 0.691. The van der Waals surface area contributed by atoms with Crippen LogP contribution in [0.5, 0.6) is 0 Å². The van der Waals surface area contributed by atoms with E-state index in [9.17, 15) is 9.59 Å². The molecule has 0 radical (unpaired) electrons. The Hall–Kier alpha value is -2.71. The van der Waals surface area contributed by atoms with Crippen molar-refractivity contribution < 1.29 is 23.6 Å². The van der Waals surface area contributed by atoms with Gasteiger partial charge in [-0.15, -0.1) is 0 Å². The van der Waals surface area contributed by atoms with E-state index in [1.165, 1.54) is 12.0 Å². The Morgan fingerprint density at radius 3 is 2.69 bits per heavy atom. The topological polar surface area (TPSA) is 93.9 Å². The van der Waals surface area contributed by atoms with Gasteiger partial charge in [0.25, 0.3) is 0 Å². The fraction of sp³-hybridized carbons (Fsp3) is 0.389. The molecule has 140 valence electrons. The van der Waals surface area contributed by atoms with E-state index in [1.807, 2.05) is 30.3 Å². The summed E-state index contributed by atoms with van der Waals surface area (Å²) >= 11 is 0. The van der Waals surface area contributed by atoms with Crippen molar-refractivity contribution in [3.63, 3.8) is 0 Å². The molecular formula is C18H23N3O5. The van der Waals surface area contributed by atoms with Crippen LogP contribution in [0.4, 0.5) is 5.82 Å². The van der Waals surface area contributed by atoms with E-state index in [1.54, 1.807) is 13.0 Å². The molecule has 1 N–H and O–H groups in total. The van der Waals surface area contributed by atoms with Crippen LogP contribution in [0.25, 0.3) is 0 Å². The standard InChI is InChI=1S/C18H23N3O5/c1-14-10-16(20-26-14)19-17(22)11-21(8-9-24-2)18(23)13-25-12-15-6-4-3-5-7-15/h3-7,10H,8-9,11-13H2,1-2H3,(H,19,20,22). The lowest BCUT2D eigenvalue weighted by atomic mass is 10.2. The van der Waals surface area contributed by atoms with Crippen molar-refractivity contribution in [1.82, 2.24) is 10.1 Å². The highest BCUT2D eigenvalue weighted by Crippen LogP contribution is 2.07. The second-order valence-corrected chi connectivity index (χ2v) is 5.66. The molecule has 0 fully saturated rings. The van der Waals surface area contributed by atoms with Crippen LogP contribution in [0.15, 0.2) is 40.9 Å². The van der Waals surface area contributed by atoms with E-state index in [4.69, 9.17) is 14.0 Å². The van der Waals surface area contributed by atoms with E-state index < -0.39 is 0 Å². The number of nitrogens with zero attached hydrogens (tertiary/aromatic N) is 2. The number of aryl methyl sites for hydroxylation is 1. The monoisotopic (exact) mass is 361 g/mol. The van der Waals surface area contributed by atoms with Crippen molar-refractivity contribution in [3.05, 3.63) is 47.7 Å². The van der Waals surface area contributed by atoms with Crippen LogP contribution in [-0.2, 0) is 25.7 Å². The van der Waals surface area contributed by atoms with Gasteiger partial charge in [-0.3, -0.25) is 9.59 Å². The average molecular weight is 361 g/mol. The Labute approximate surface area is 152 Å². The van der Waals surface area contributed by atoms with Crippen LogP contribution in [-0.4, -0.2) is 55.3 Å². The molecule has 26 heavy (non-hydrogen) atoms. The molecule has 0 aliphatic carbocycles. The maximum Gasteiger partial charge on any atom is 0.249 e. The van der Waals surface area contributed by atoms with Crippen LogP contribution >= 0.6 is 0 Å². The highest BCUT2D eigenvalue weighted by atomic mass is 16.5. The number of hydrogen-bond donors (Lipinski definition) is 1. The van der Waals surface area contributed by atoms with Gasteiger partial charge < -0.3 is 24.2 Å². The summed E-state index contributed by atoms with van der Waals surface area (Å²) in [6.45, 7) is 2.42. The summed E-state index contributed by atoms with van der Waals surface area (Å²) in [6.07, 6.45) is 0. The Bertz CT molecular complexity index is 702. The zero-order valence-corrected chi connectivity index (χ0v) is 14.9. The number of ether oxygens (including phenoxy) is 2. The van der Waals surface area contributed by atoms with Gasteiger partial charge in [0.05, 0.1) is 13.2 Å². The molecular weight excluding hydrogens is 338 g/mol. The summed E-state index contributed by atoms with van der Waals surface area (Å²) in [4.78, 5) is 25.9. The molecule has 0 aliphatic rings. The maximum absolute atomic E-state index is 12.4. The van der Waals surface area contributed by atoms with E-state index in [0.29, 0.717) is 24.8 Å². The first-order valence-electron chi connectivity index (χ1n) is 8.20. The van der Waals surface area contributed by atoms with Gasteiger partial charge in [-0.2, -0.15) is 0 Å². The van der Waals surface area contributed by atoms with Gasteiger partial charge in [0, 0.05) is 19.7 Å². The summed E-state index contributed by atoms with van der Waals surface area (Å²) in [5, 5.41) is 6.28. The minimum Gasteiger partial charge on any atom is -0.383 e. The fourth-order valence-corrected chi connectivity index (χ4v) is 2.20. The number of rotatable bonds is 10. The van der Waals surface area contributed by atoms with Gasteiger partial charge >= 0.3 is 0 Å². The molecule has 0 saturated carbocycles. The molecule has 0 unspecified atom stereocenters. The molecule has 0 spiro atoms. The van der Waals surface area contributed by atoms with Gasteiger partial charge in [-0.05, 0) is 12.5 Å². The Morgan fingerprint density at radius 1 is 1.27 bits per heavy atom. The molecule has 0 aliphatic heterocycles. The number of benzene rings is 1. The molecule has 1 aromatic heterocycles. The van der Waals surface area contributed by atoms with Crippen molar-refractivity contribution in [2.45, 2.75) is 13.5 Å². The normalized spacial score (nSPS) is 10.5. The van der Waals surface area contributed by atoms with E-state index >= 15 is 0 Å². The highest BCUT2D eigenvalue weighted by Gasteiger charge is 2.18. The summed E-state index contributed by atoms with van der Waals surface area (Å²) in [5.74, 6) is 0.240. The maximum atomic E-state index is 12.4. The molecule has 1 heterocycles. The number of nitrogens with one attached hydrogen (secondary N) is 1. The summed E-state index contributed by atoms with van der Waals surface area (Å²) in [6, 6.07) is 11.2. The van der Waals surface area contributed by atoms with E-state index in [2.05, 4.69) is 10.5 Å². The second kappa shape index (κ2) is 10.3. The van der Waals surface area contributed by atoms with Crippen LogP contribution in [0.3, 0.4) is 0 Å². The SMILES string of the molecule is COCCN(CC(=O)Nc1cc(C)on1)C(=O)COCc1ccccc1. The summed E-state index contributed by atoms with van der Waals surface area (Å²) < 4.78 is 15.4.